The standard InChI is InChI=1S/C26H20FO2S/c1-26(2,16-14-19-10-12-22(27)13-11-19)29-25(28)21-7-5-8-23(18-21)30-17-15-20-6-3-4-9-24(20)30/h3-13,15,17-18H,1-2H3/q+1. The van der Waals surface area contributed by atoms with Crippen molar-refractivity contribution < 1.29 is 13.9 Å². The van der Waals surface area contributed by atoms with Crippen LogP contribution < -0.4 is 0 Å². The largest absolute Gasteiger partial charge is 0.443 e. The highest BCUT2D eigenvalue weighted by molar-refractivity contribution is 7.43. The van der Waals surface area contributed by atoms with Crippen LogP contribution in [-0.2, 0) is 4.74 Å². The zero-order chi connectivity index (χ0) is 21.1. The molecule has 4 heteroatoms. The third-order valence-electron chi connectivity index (χ3n) is 4.56. The summed E-state index contributed by atoms with van der Waals surface area (Å²) in [5.41, 5.74) is 0.175. The minimum atomic E-state index is -0.983. The maximum Gasteiger partial charge on any atom is 0.339 e. The second-order valence-corrected chi connectivity index (χ2v) is 9.22. The first-order valence-corrected chi connectivity index (χ1v) is 10.8. The third-order valence-corrected chi connectivity index (χ3v) is 6.58. The summed E-state index contributed by atoms with van der Waals surface area (Å²) in [4.78, 5) is 13.8. The average molecular weight is 416 g/mol. The molecule has 148 valence electrons. The smallest absolute Gasteiger partial charge is 0.339 e. The van der Waals surface area contributed by atoms with E-state index in [1.54, 1.807) is 32.0 Å². The topological polar surface area (TPSA) is 26.3 Å². The van der Waals surface area contributed by atoms with Gasteiger partial charge in [0.05, 0.1) is 5.56 Å². The predicted octanol–water partition coefficient (Wildman–Crippen LogP) is 6.70. The number of hydrogen-bond donors (Lipinski definition) is 0. The van der Waals surface area contributed by atoms with Crippen molar-refractivity contribution in [2.24, 2.45) is 0 Å². The first kappa shape index (κ1) is 19.9. The van der Waals surface area contributed by atoms with Crippen LogP contribution in [0.2, 0.25) is 0 Å². The number of carbonyl (C=O) groups is 1. The molecule has 0 N–H and O–H groups in total. The van der Waals surface area contributed by atoms with Crippen LogP contribution in [0.5, 0.6) is 0 Å². The molecule has 0 aliphatic heterocycles. The Kier molecular flexibility index (Phi) is 5.39. The van der Waals surface area contributed by atoms with Crippen LogP contribution in [0.25, 0.3) is 15.0 Å². The minimum Gasteiger partial charge on any atom is -0.443 e. The van der Waals surface area contributed by atoms with Crippen molar-refractivity contribution in [3.63, 3.8) is 0 Å². The van der Waals surface area contributed by atoms with Crippen molar-refractivity contribution in [2.45, 2.75) is 19.4 Å². The fraction of sp³-hybridized carbons (Fsp3) is 0.115. The van der Waals surface area contributed by atoms with Gasteiger partial charge in [-0.05, 0) is 62.4 Å². The monoisotopic (exact) mass is 415 g/mol. The van der Waals surface area contributed by atoms with Crippen molar-refractivity contribution in [1.29, 1.82) is 0 Å². The van der Waals surface area contributed by atoms with E-state index >= 15 is 0 Å². The summed E-state index contributed by atoms with van der Waals surface area (Å²) in [6.07, 6.45) is 0. The van der Waals surface area contributed by atoms with Gasteiger partial charge in [-0.25, -0.2) is 9.18 Å². The highest BCUT2D eigenvalue weighted by Crippen LogP contribution is 2.39. The van der Waals surface area contributed by atoms with Gasteiger partial charge in [0.1, 0.15) is 11.2 Å². The lowest BCUT2D eigenvalue weighted by Gasteiger charge is -2.18. The van der Waals surface area contributed by atoms with Gasteiger partial charge in [-0.2, -0.15) is 0 Å². The van der Waals surface area contributed by atoms with Crippen LogP contribution >= 0.6 is 10.5 Å². The molecule has 0 radical (unpaired) electrons. The van der Waals surface area contributed by atoms with Gasteiger partial charge < -0.3 is 4.74 Å². The molecule has 1 heterocycles. The molecule has 1 atom stereocenters. The van der Waals surface area contributed by atoms with Gasteiger partial charge in [0.2, 0.25) is 0 Å². The number of ether oxygens (including phenoxy) is 1. The molecule has 0 spiro atoms. The van der Waals surface area contributed by atoms with Gasteiger partial charge in [-0.3, -0.25) is 0 Å². The molecule has 0 aliphatic carbocycles. The molecule has 0 aliphatic rings. The number of carbonyl (C=O) groups excluding carboxylic acids is 1. The molecule has 0 saturated heterocycles. The fourth-order valence-electron chi connectivity index (χ4n) is 3.07. The lowest BCUT2D eigenvalue weighted by molar-refractivity contribution is 0.0204. The van der Waals surface area contributed by atoms with E-state index in [4.69, 9.17) is 4.74 Å². The Labute approximate surface area is 177 Å². The van der Waals surface area contributed by atoms with Gasteiger partial charge in [-0.1, -0.05) is 30.0 Å². The van der Waals surface area contributed by atoms with E-state index in [1.807, 2.05) is 30.3 Å². The Morgan fingerprint density at radius 1 is 0.967 bits per heavy atom. The van der Waals surface area contributed by atoms with Crippen molar-refractivity contribution in [1.82, 2.24) is 0 Å². The van der Waals surface area contributed by atoms with Crippen LogP contribution in [0.3, 0.4) is 0 Å². The zero-order valence-corrected chi connectivity index (χ0v) is 17.5. The predicted molar refractivity (Wildman–Crippen MR) is 121 cm³/mol. The maximum atomic E-state index is 13.0. The zero-order valence-electron chi connectivity index (χ0n) is 16.7. The highest BCUT2D eigenvalue weighted by atomic mass is 32.2. The van der Waals surface area contributed by atoms with Crippen molar-refractivity contribution in [3.8, 4) is 16.7 Å². The Morgan fingerprint density at radius 3 is 2.53 bits per heavy atom. The van der Waals surface area contributed by atoms with E-state index in [0.29, 0.717) is 11.1 Å². The van der Waals surface area contributed by atoms with E-state index in [-0.39, 0.29) is 16.3 Å². The van der Waals surface area contributed by atoms with Gasteiger partial charge in [-0.15, -0.1) is 0 Å². The van der Waals surface area contributed by atoms with Gasteiger partial charge >= 0.3 is 5.97 Å². The number of esters is 1. The molecular formula is C26H20FO2S+. The van der Waals surface area contributed by atoms with Crippen LogP contribution in [0.1, 0.15) is 29.8 Å². The first-order chi connectivity index (χ1) is 14.4. The van der Waals surface area contributed by atoms with Gasteiger partial charge in [0, 0.05) is 33.6 Å². The van der Waals surface area contributed by atoms with E-state index in [9.17, 15) is 9.18 Å². The van der Waals surface area contributed by atoms with E-state index in [2.05, 4.69) is 35.4 Å². The summed E-state index contributed by atoms with van der Waals surface area (Å²) in [6.45, 7) is 3.48. The molecule has 0 fully saturated rings. The Balaban J connectivity index is 1.55. The SMILES string of the molecule is CC(C)(C#Cc1ccc(F)cc1)OC(=O)c1cccc(-[s+]2ccc3ccccc32)c1. The Bertz CT molecular complexity index is 1270. The van der Waals surface area contributed by atoms with Crippen LogP contribution in [0.15, 0.2) is 84.2 Å². The summed E-state index contributed by atoms with van der Waals surface area (Å²) in [5.74, 6) is 5.15. The normalized spacial score (nSPS) is 11.6. The summed E-state index contributed by atoms with van der Waals surface area (Å²) >= 11 is 0. The van der Waals surface area contributed by atoms with Gasteiger partial charge in [0.15, 0.2) is 15.2 Å². The second kappa shape index (κ2) is 8.14. The van der Waals surface area contributed by atoms with Crippen molar-refractivity contribution in [3.05, 3.63) is 101 Å². The molecule has 4 aromatic rings. The molecule has 3 aromatic carbocycles. The lowest BCUT2D eigenvalue weighted by atomic mass is 10.1. The summed E-state index contributed by atoms with van der Waals surface area (Å²) in [5, 5.41) is 3.39. The molecule has 30 heavy (non-hydrogen) atoms. The second-order valence-electron chi connectivity index (χ2n) is 7.36. The average Bonchev–Trinajstić information content (AvgIpc) is 3.17. The van der Waals surface area contributed by atoms with Crippen LogP contribution in [0.4, 0.5) is 4.39 Å². The number of benzene rings is 3. The van der Waals surface area contributed by atoms with E-state index < -0.39 is 11.6 Å². The van der Waals surface area contributed by atoms with Crippen LogP contribution in [0, 0.1) is 17.7 Å². The van der Waals surface area contributed by atoms with E-state index in [0.717, 1.165) is 4.90 Å². The third kappa shape index (κ3) is 4.42. The summed E-state index contributed by atoms with van der Waals surface area (Å²) < 4.78 is 19.9. The number of fused-ring (bicyclic) bond motifs is 1. The Hall–Kier alpha value is -3.42. The molecule has 2 nitrogen and oxygen atoms in total. The van der Waals surface area contributed by atoms with E-state index in [1.165, 1.54) is 22.2 Å². The summed E-state index contributed by atoms with van der Waals surface area (Å²) in [7, 11) is -0.193. The summed E-state index contributed by atoms with van der Waals surface area (Å²) in [6, 6.07) is 23.9. The molecule has 1 aromatic heterocycles. The molecule has 4 rings (SSSR count). The van der Waals surface area contributed by atoms with Gasteiger partial charge in [0.25, 0.3) is 0 Å². The highest BCUT2D eigenvalue weighted by Gasteiger charge is 2.23. The molecule has 1 unspecified atom stereocenters. The number of hydrogen-bond acceptors (Lipinski definition) is 2. The number of thiophene rings is 1. The van der Waals surface area contributed by atoms with Crippen LogP contribution in [-0.4, -0.2) is 11.6 Å². The molecular weight excluding hydrogens is 395 g/mol. The molecule has 0 amide bonds. The maximum absolute atomic E-state index is 13.0. The number of rotatable bonds is 3. The fourth-order valence-corrected chi connectivity index (χ4v) is 5.01. The molecule has 0 saturated carbocycles. The molecule has 0 bridgehead atoms. The minimum absolute atomic E-state index is 0.193. The lowest BCUT2D eigenvalue weighted by Crippen LogP contribution is -2.26. The Morgan fingerprint density at radius 2 is 1.73 bits per heavy atom. The van der Waals surface area contributed by atoms with Crippen molar-refractivity contribution in [2.75, 3.05) is 0 Å². The number of halogens is 1. The quantitative estimate of drug-likeness (QED) is 0.211. The first-order valence-electron chi connectivity index (χ1n) is 9.54. The van der Waals surface area contributed by atoms with Crippen molar-refractivity contribution >= 4 is 26.5 Å².